The zero-order valence-electron chi connectivity index (χ0n) is 18.2. The number of amides is 1. The number of aliphatic hydroxyl groups is 1. The van der Waals surface area contributed by atoms with Crippen LogP contribution in [0.15, 0.2) is 35.5 Å². The summed E-state index contributed by atoms with van der Waals surface area (Å²) < 4.78 is 1.72. The molecule has 3 N–H and O–H groups in total. The van der Waals surface area contributed by atoms with Gasteiger partial charge in [0.15, 0.2) is 0 Å². The highest BCUT2D eigenvalue weighted by Crippen LogP contribution is 2.55. The van der Waals surface area contributed by atoms with E-state index in [-0.39, 0.29) is 17.5 Å². The number of nitrogens with zero attached hydrogens (tertiary/aromatic N) is 2. The van der Waals surface area contributed by atoms with Gasteiger partial charge in [-0.05, 0) is 86.3 Å². The number of hydrogen-bond donors (Lipinski definition) is 3. The lowest BCUT2D eigenvalue weighted by molar-refractivity contribution is -0.136. The van der Waals surface area contributed by atoms with Crippen LogP contribution in [0.1, 0.15) is 66.2 Å². The Balaban J connectivity index is 1.39. The van der Waals surface area contributed by atoms with Crippen molar-refractivity contribution in [1.29, 1.82) is 0 Å². The number of carboxylic acids is 1. The molecular formula is C24H29N3O4S. The zero-order chi connectivity index (χ0) is 22.5. The van der Waals surface area contributed by atoms with Crippen molar-refractivity contribution >= 4 is 23.6 Å². The number of nitrogens with one attached hydrogen (secondary N) is 1. The molecule has 4 bridgehead atoms. The molecule has 170 valence electrons. The van der Waals surface area contributed by atoms with Gasteiger partial charge in [0.25, 0.3) is 5.91 Å². The van der Waals surface area contributed by atoms with Gasteiger partial charge >= 0.3 is 5.97 Å². The summed E-state index contributed by atoms with van der Waals surface area (Å²) in [5.74, 6) is 1.06. The summed E-state index contributed by atoms with van der Waals surface area (Å²) in [5.41, 5.74) is 0.973. The molecule has 1 amide bonds. The lowest BCUT2D eigenvalue weighted by Gasteiger charge is -2.58. The van der Waals surface area contributed by atoms with Crippen molar-refractivity contribution in [1.82, 2.24) is 15.1 Å². The fourth-order valence-electron chi connectivity index (χ4n) is 6.21. The number of aromatic nitrogens is 2. The second kappa shape index (κ2) is 8.23. The Morgan fingerprint density at radius 3 is 2.47 bits per heavy atom. The molecule has 1 aromatic carbocycles. The number of carbonyl (C=O) groups excluding carboxylic acids is 1. The van der Waals surface area contributed by atoms with Crippen LogP contribution in [0.4, 0.5) is 0 Å². The first-order chi connectivity index (χ1) is 15.4. The van der Waals surface area contributed by atoms with E-state index in [1.165, 1.54) is 0 Å². The number of carbonyl (C=O) groups is 2. The summed E-state index contributed by atoms with van der Waals surface area (Å²) in [7, 11) is 0. The third kappa shape index (κ3) is 3.83. The molecule has 32 heavy (non-hydrogen) atoms. The molecule has 1 aromatic heterocycles. The Hall–Kier alpha value is -2.32. The summed E-state index contributed by atoms with van der Waals surface area (Å²) in [4.78, 5) is 24.5. The quantitative estimate of drug-likeness (QED) is 0.550. The molecule has 0 saturated heterocycles. The average Bonchev–Trinajstić information content (AvgIpc) is 3.17. The smallest absolute Gasteiger partial charge is 0.335 e. The highest BCUT2D eigenvalue weighted by molar-refractivity contribution is 7.99. The van der Waals surface area contributed by atoms with Gasteiger partial charge in [-0.1, -0.05) is 6.92 Å². The van der Waals surface area contributed by atoms with Crippen molar-refractivity contribution in [3.05, 3.63) is 41.6 Å². The number of rotatable bonds is 7. The molecule has 8 heteroatoms. The standard InChI is InChI=1S/C24H29N3O4S/c1-2-7-32-22-19(13-25-27(22)18-5-3-15(4-6-18)23(29)30)21(28)26-20-16-8-14-9-17(20)12-24(31,10-14)11-16/h3-6,13-14,16-17,20,31H,2,7-12H2,1H3,(H,26,28)(H,29,30)/t14?,16-,17?,20?,24?/m0/s1. The molecule has 0 aliphatic heterocycles. The molecule has 4 unspecified atom stereocenters. The molecule has 1 heterocycles. The van der Waals surface area contributed by atoms with E-state index in [1.807, 2.05) is 0 Å². The van der Waals surface area contributed by atoms with E-state index in [1.54, 1.807) is 46.9 Å². The molecule has 5 atom stereocenters. The van der Waals surface area contributed by atoms with Crippen LogP contribution >= 0.6 is 11.8 Å². The fourth-order valence-corrected chi connectivity index (χ4v) is 7.18. The van der Waals surface area contributed by atoms with Gasteiger partial charge in [0.2, 0.25) is 0 Å². The second-order valence-corrected chi connectivity index (χ2v) is 10.8. The zero-order valence-corrected chi connectivity index (χ0v) is 19.0. The second-order valence-electron chi connectivity index (χ2n) is 9.67. The third-order valence-electron chi connectivity index (χ3n) is 7.31. The Morgan fingerprint density at radius 2 is 1.88 bits per heavy atom. The van der Waals surface area contributed by atoms with E-state index in [2.05, 4.69) is 17.3 Å². The molecule has 0 spiro atoms. The van der Waals surface area contributed by atoms with Crippen LogP contribution in [-0.4, -0.2) is 49.3 Å². The van der Waals surface area contributed by atoms with Gasteiger partial charge in [-0.25, -0.2) is 9.48 Å². The number of aromatic carboxylic acids is 1. The van der Waals surface area contributed by atoms with Crippen molar-refractivity contribution < 1.29 is 19.8 Å². The normalized spacial score (nSPS) is 30.4. The SMILES string of the molecule is CCCSc1c(C(=O)NC2C3CC4C[C@H]2CC(O)(C4)C3)cnn1-c1ccc(C(=O)O)cc1. The molecular weight excluding hydrogens is 426 g/mol. The number of carboxylic acid groups (broad SMARTS) is 1. The molecule has 4 fully saturated rings. The van der Waals surface area contributed by atoms with Crippen LogP contribution in [0.3, 0.4) is 0 Å². The van der Waals surface area contributed by atoms with Gasteiger partial charge in [-0.3, -0.25) is 4.79 Å². The van der Waals surface area contributed by atoms with Gasteiger partial charge in [-0.15, -0.1) is 11.8 Å². The Morgan fingerprint density at radius 1 is 1.19 bits per heavy atom. The van der Waals surface area contributed by atoms with Crippen molar-refractivity contribution in [3.8, 4) is 5.69 Å². The van der Waals surface area contributed by atoms with Crippen LogP contribution in [0.5, 0.6) is 0 Å². The third-order valence-corrected chi connectivity index (χ3v) is 8.59. The Kier molecular flexibility index (Phi) is 5.53. The summed E-state index contributed by atoms with van der Waals surface area (Å²) in [6, 6.07) is 6.64. The lowest BCUT2D eigenvalue weighted by atomic mass is 9.52. The van der Waals surface area contributed by atoms with Crippen LogP contribution in [0, 0.1) is 17.8 Å². The predicted octanol–water partition coefficient (Wildman–Crippen LogP) is 3.74. The molecule has 4 aliphatic carbocycles. The molecule has 7 nitrogen and oxygen atoms in total. The summed E-state index contributed by atoms with van der Waals surface area (Å²) in [6.07, 6.45) is 7.26. The molecule has 6 rings (SSSR count). The first-order valence-corrected chi connectivity index (χ1v) is 12.4. The van der Waals surface area contributed by atoms with Crippen LogP contribution in [0.2, 0.25) is 0 Å². The van der Waals surface area contributed by atoms with E-state index < -0.39 is 11.6 Å². The summed E-state index contributed by atoms with van der Waals surface area (Å²) in [6.45, 7) is 2.09. The average molecular weight is 456 g/mol. The maximum Gasteiger partial charge on any atom is 0.335 e. The Labute approximate surface area is 191 Å². The van der Waals surface area contributed by atoms with Crippen LogP contribution < -0.4 is 5.32 Å². The minimum absolute atomic E-state index is 0.110. The van der Waals surface area contributed by atoms with E-state index in [4.69, 9.17) is 5.11 Å². The minimum atomic E-state index is -0.974. The van der Waals surface area contributed by atoms with Crippen LogP contribution in [-0.2, 0) is 0 Å². The van der Waals surface area contributed by atoms with E-state index in [0.29, 0.717) is 23.3 Å². The first-order valence-electron chi connectivity index (χ1n) is 11.4. The highest BCUT2D eigenvalue weighted by Gasteiger charge is 2.55. The Bertz CT molecular complexity index is 1020. The van der Waals surface area contributed by atoms with Gasteiger partial charge in [0, 0.05) is 6.04 Å². The summed E-state index contributed by atoms with van der Waals surface area (Å²) in [5, 5.41) is 28.5. The summed E-state index contributed by atoms with van der Waals surface area (Å²) >= 11 is 1.59. The molecule has 2 aromatic rings. The lowest BCUT2D eigenvalue weighted by Crippen LogP contribution is -2.61. The van der Waals surface area contributed by atoms with Crippen molar-refractivity contribution in [2.24, 2.45) is 17.8 Å². The topological polar surface area (TPSA) is 104 Å². The van der Waals surface area contributed by atoms with Crippen molar-refractivity contribution in [3.63, 3.8) is 0 Å². The molecule has 4 aliphatic rings. The van der Waals surface area contributed by atoms with Crippen molar-refractivity contribution in [2.75, 3.05) is 5.75 Å². The van der Waals surface area contributed by atoms with Crippen molar-refractivity contribution in [2.45, 2.75) is 62.1 Å². The molecule has 4 saturated carbocycles. The van der Waals surface area contributed by atoms with Crippen LogP contribution in [0.25, 0.3) is 5.69 Å². The van der Waals surface area contributed by atoms with E-state index in [0.717, 1.165) is 55.0 Å². The fraction of sp³-hybridized carbons (Fsp3) is 0.542. The number of thioether (sulfide) groups is 1. The van der Waals surface area contributed by atoms with E-state index >= 15 is 0 Å². The highest BCUT2D eigenvalue weighted by atomic mass is 32.2. The number of benzene rings is 1. The van der Waals surface area contributed by atoms with Gasteiger partial charge in [-0.2, -0.15) is 5.10 Å². The largest absolute Gasteiger partial charge is 0.478 e. The van der Waals surface area contributed by atoms with E-state index in [9.17, 15) is 14.7 Å². The first kappa shape index (κ1) is 21.5. The monoisotopic (exact) mass is 455 g/mol. The predicted molar refractivity (Wildman–Crippen MR) is 121 cm³/mol. The maximum absolute atomic E-state index is 13.4. The van der Waals surface area contributed by atoms with Gasteiger partial charge in [0.1, 0.15) is 5.03 Å². The van der Waals surface area contributed by atoms with Gasteiger partial charge < -0.3 is 15.5 Å². The minimum Gasteiger partial charge on any atom is -0.478 e. The number of hydrogen-bond acceptors (Lipinski definition) is 5. The maximum atomic E-state index is 13.4. The molecule has 0 radical (unpaired) electrons. The van der Waals surface area contributed by atoms with Gasteiger partial charge in [0.05, 0.1) is 28.6 Å².